The fourth-order valence-corrected chi connectivity index (χ4v) is 2.95. The van der Waals surface area contributed by atoms with Crippen molar-refractivity contribution in [2.75, 3.05) is 27.2 Å². The van der Waals surface area contributed by atoms with Crippen molar-refractivity contribution in [3.63, 3.8) is 0 Å². The van der Waals surface area contributed by atoms with E-state index in [-0.39, 0.29) is 24.2 Å². The predicted octanol–water partition coefficient (Wildman–Crippen LogP) is 1.76. The molecule has 0 aromatic rings. The summed E-state index contributed by atoms with van der Waals surface area (Å²) in [6, 6.07) is -0.361. The first kappa shape index (κ1) is 17.8. The van der Waals surface area contributed by atoms with Gasteiger partial charge in [-0.05, 0) is 40.3 Å². The lowest BCUT2D eigenvalue weighted by molar-refractivity contribution is -0.138. The average Bonchev–Trinajstić information content (AvgIpc) is 2.91. The molecule has 1 aliphatic carbocycles. The highest BCUT2D eigenvalue weighted by Crippen LogP contribution is 2.33. The minimum atomic E-state index is -0.978. The van der Waals surface area contributed by atoms with Crippen LogP contribution in [-0.4, -0.2) is 65.7 Å². The van der Waals surface area contributed by atoms with Gasteiger partial charge >= 0.3 is 12.0 Å². The van der Waals surface area contributed by atoms with Gasteiger partial charge in [0.1, 0.15) is 6.54 Å². The van der Waals surface area contributed by atoms with E-state index < -0.39 is 5.97 Å². The summed E-state index contributed by atoms with van der Waals surface area (Å²) in [6.45, 7) is 4.14. The Morgan fingerprint density at radius 3 is 2.29 bits per heavy atom. The van der Waals surface area contributed by atoms with Gasteiger partial charge in [0, 0.05) is 18.1 Å². The zero-order chi connectivity index (χ0) is 16.0. The third kappa shape index (κ3) is 4.59. The van der Waals surface area contributed by atoms with Gasteiger partial charge in [-0.3, -0.25) is 4.79 Å². The fourth-order valence-electron chi connectivity index (χ4n) is 2.95. The highest BCUT2D eigenvalue weighted by molar-refractivity contribution is 5.80. The molecule has 1 rings (SSSR count). The number of likely N-dealkylation sites (N-methyl/N-ethyl adjacent to an activating group) is 1. The van der Waals surface area contributed by atoms with E-state index >= 15 is 0 Å². The molecule has 1 saturated carbocycles. The molecule has 21 heavy (non-hydrogen) atoms. The molecule has 2 amide bonds. The molecular formula is C15H29N3O3. The van der Waals surface area contributed by atoms with Crippen molar-refractivity contribution < 1.29 is 14.7 Å². The van der Waals surface area contributed by atoms with Crippen LogP contribution in [0.25, 0.3) is 0 Å². The van der Waals surface area contributed by atoms with Crippen LogP contribution in [0, 0.1) is 0 Å². The summed E-state index contributed by atoms with van der Waals surface area (Å²) in [6.07, 6.45) is 5.24. The average molecular weight is 299 g/mol. The molecule has 0 aliphatic heterocycles. The predicted molar refractivity (Wildman–Crippen MR) is 82.4 cm³/mol. The Morgan fingerprint density at radius 2 is 1.86 bits per heavy atom. The van der Waals surface area contributed by atoms with Gasteiger partial charge in [-0.1, -0.05) is 19.8 Å². The maximum Gasteiger partial charge on any atom is 0.323 e. The number of carboxylic acid groups (broad SMARTS) is 1. The topological polar surface area (TPSA) is 72.9 Å². The number of aliphatic carboxylic acids is 1. The van der Waals surface area contributed by atoms with Crippen molar-refractivity contribution >= 4 is 12.0 Å². The molecule has 0 saturated heterocycles. The number of nitrogens with one attached hydrogen (secondary N) is 1. The van der Waals surface area contributed by atoms with Crippen molar-refractivity contribution in [1.29, 1.82) is 0 Å². The van der Waals surface area contributed by atoms with Gasteiger partial charge in [0.2, 0.25) is 0 Å². The summed E-state index contributed by atoms with van der Waals surface area (Å²) in [5, 5.41) is 11.9. The summed E-state index contributed by atoms with van der Waals surface area (Å²) in [5.74, 6) is -0.978. The number of amides is 2. The van der Waals surface area contributed by atoms with E-state index in [4.69, 9.17) is 5.11 Å². The van der Waals surface area contributed by atoms with Crippen molar-refractivity contribution in [2.45, 2.75) is 57.5 Å². The third-order valence-electron chi connectivity index (χ3n) is 4.74. The number of rotatable bonds is 7. The van der Waals surface area contributed by atoms with E-state index in [1.807, 2.05) is 27.9 Å². The Kier molecular flexibility index (Phi) is 6.45. The summed E-state index contributed by atoms with van der Waals surface area (Å²) in [7, 11) is 4.09. The summed E-state index contributed by atoms with van der Waals surface area (Å²) in [4.78, 5) is 26.9. The first-order valence-electron chi connectivity index (χ1n) is 7.76. The Hall–Kier alpha value is -1.30. The lowest BCUT2D eigenvalue weighted by atomic mass is 9.96. The van der Waals surface area contributed by atoms with E-state index in [9.17, 15) is 9.59 Å². The van der Waals surface area contributed by atoms with Gasteiger partial charge in [0.05, 0.1) is 0 Å². The monoisotopic (exact) mass is 299 g/mol. The third-order valence-corrected chi connectivity index (χ3v) is 4.74. The molecular weight excluding hydrogens is 270 g/mol. The first-order valence-corrected chi connectivity index (χ1v) is 7.76. The highest BCUT2D eigenvalue weighted by Gasteiger charge is 2.36. The zero-order valence-electron chi connectivity index (χ0n) is 13.7. The van der Waals surface area contributed by atoms with Gasteiger partial charge in [-0.25, -0.2) is 4.79 Å². The lowest BCUT2D eigenvalue weighted by Gasteiger charge is -2.37. The minimum Gasteiger partial charge on any atom is -0.480 e. The molecule has 122 valence electrons. The van der Waals surface area contributed by atoms with Crippen LogP contribution >= 0.6 is 0 Å². The van der Waals surface area contributed by atoms with E-state index in [0.29, 0.717) is 6.54 Å². The summed E-state index contributed by atoms with van der Waals surface area (Å²) >= 11 is 0. The normalized spacial score (nSPS) is 18.5. The SMILES string of the molecule is CCC(C)N(CC(=O)O)C(=O)NCC1(N(C)C)CCCC1. The quantitative estimate of drug-likeness (QED) is 0.751. The number of carbonyl (C=O) groups is 2. The smallest absolute Gasteiger partial charge is 0.323 e. The molecule has 1 atom stereocenters. The number of carbonyl (C=O) groups excluding carboxylic acids is 1. The Balaban J connectivity index is 2.66. The molecule has 2 N–H and O–H groups in total. The molecule has 0 heterocycles. The van der Waals surface area contributed by atoms with Crippen molar-refractivity contribution in [1.82, 2.24) is 15.1 Å². The standard InChI is InChI=1S/C15H29N3O3/c1-5-12(2)18(10-13(19)20)14(21)16-11-15(17(3)4)8-6-7-9-15/h12H,5-11H2,1-4H3,(H,16,21)(H,19,20). The number of hydrogen-bond acceptors (Lipinski definition) is 3. The number of carboxylic acids is 1. The molecule has 1 aliphatic rings. The maximum atomic E-state index is 12.3. The van der Waals surface area contributed by atoms with Crippen LogP contribution < -0.4 is 5.32 Å². The largest absolute Gasteiger partial charge is 0.480 e. The van der Waals surface area contributed by atoms with E-state index in [1.54, 1.807) is 0 Å². The second-order valence-electron chi connectivity index (χ2n) is 6.26. The molecule has 0 bridgehead atoms. The van der Waals surface area contributed by atoms with Crippen LogP contribution in [0.3, 0.4) is 0 Å². The van der Waals surface area contributed by atoms with Crippen LogP contribution in [0.1, 0.15) is 46.0 Å². The Morgan fingerprint density at radius 1 is 1.29 bits per heavy atom. The van der Waals surface area contributed by atoms with Crippen LogP contribution in [0.4, 0.5) is 4.79 Å². The highest BCUT2D eigenvalue weighted by atomic mass is 16.4. The zero-order valence-corrected chi connectivity index (χ0v) is 13.7. The van der Waals surface area contributed by atoms with Gasteiger partial charge in [0.25, 0.3) is 0 Å². The van der Waals surface area contributed by atoms with Crippen molar-refractivity contribution in [3.8, 4) is 0 Å². The van der Waals surface area contributed by atoms with E-state index in [0.717, 1.165) is 19.3 Å². The Labute approximate surface area is 127 Å². The molecule has 0 aromatic heterocycles. The summed E-state index contributed by atoms with van der Waals surface area (Å²) in [5.41, 5.74) is 0.0139. The number of urea groups is 1. The second kappa shape index (κ2) is 7.64. The van der Waals surface area contributed by atoms with Gasteiger partial charge in [-0.2, -0.15) is 0 Å². The van der Waals surface area contributed by atoms with E-state index in [1.165, 1.54) is 17.7 Å². The van der Waals surface area contributed by atoms with Gasteiger partial charge in [-0.15, -0.1) is 0 Å². The first-order chi connectivity index (χ1) is 9.82. The molecule has 1 fully saturated rings. The van der Waals surface area contributed by atoms with Gasteiger partial charge in [0.15, 0.2) is 0 Å². The van der Waals surface area contributed by atoms with E-state index in [2.05, 4.69) is 10.2 Å². The van der Waals surface area contributed by atoms with Gasteiger partial charge < -0.3 is 20.2 Å². The molecule has 0 radical (unpaired) electrons. The van der Waals surface area contributed by atoms with Crippen LogP contribution in [0.5, 0.6) is 0 Å². The minimum absolute atomic E-state index is 0.0139. The number of hydrogen-bond donors (Lipinski definition) is 2. The van der Waals surface area contributed by atoms with Crippen molar-refractivity contribution in [2.24, 2.45) is 0 Å². The fraction of sp³-hybridized carbons (Fsp3) is 0.867. The van der Waals surface area contributed by atoms with Crippen LogP contribution in [-0.2, 0) is 4.79 Å². The number of nitrogens with zero attached hydrogens (tertiary/aromatic N) is 2. The van der Waals surface area contributed by atoms with Crippen LogP contribution in [0.2, 0.25) is 0 Å². The maximum absolute atomic E-state index is 12.3. The molecule has 0 aromatic carbocycles. The summed E-state index contributed by atoms with van der Waals surface area (Å²) < 4.78 is 0. The molecule has 6 nitrogen and oxygen atoms in total. The molecule has 6 heteroatoms. The van der Waals surface area contributed by atoms with Crippen LogP contribution in [0.15, 0.2) is 0 Å². The molecule has 0 spiro atoms. The lowest BCUT2D eigenvalue weighted by Crippen LogP contribution is -2.55. The van der Waals surface area contributed by atoms with Crippen molar-refractivity contribution in [3.05, 3.63) is 0 Å². The Bertz CT molecular complexity index is 365. The molecule has 1 unspecified atom stereocenters. The second-order valence-corrected chi connectivity index (χ2v) is 6.26.